The number of amides is 17. The molecule has 5 heterocycles. The first-order valence-corrected chi connectivity index (χ1v) is 44.5. The Morgan fingerprint density at radius 2 is 0.984 bits per heavy atom. The lowest BCUT2D eigenvalue weighted by Gasteiger charge is -2.36. The summed E-state index contributed by atoms with van der Waals surface area (Å²) in [5, 5.41) is 38.4. The smallest absolute Gasteiger partial charge is 0.246 e. The van der Waals surface area contributed by atoms with Crippen LogP contribution in [0.3, 0.4) is 0 Å². The highest BCUT2D eigenvalue weighted by atomic mass is 32.2. The van der Waals surface area contributed by atoms with Gasteiger partial charge in [-0.15, -0.1) is 24.9 Å². The molecule has 3 aromatic carbocycles. The number of unbranched alkanes of at least 4 members (excludes halogenated alkanes) is 2. The molecule has 8 rings (SSSR count). The third kappa shape index (κ3) is 27.4. The molecular weight excluding hydrogens is 1670 g/mol. The third-order valence-corrected chi connectivity index (χ3v) is 24.2. The van der Waals surface area contributed by atoms with Crippen molar-refractivity contribution in [3.8, 4) is 5.75 Å². The minimum atomic E-state index is -1.74. The van der Waals surface area contributed by atoms with Crippen LogP contribution in [0.15, 0.2) is 111 Å². The van der Waals surface area contributed by atoms with Crippen molar-refractivity contribution in [2.24, 2.45) is 23.1 Å². The van der Waals surface area contributed by atoms with E-state index in [1.807, 2.05) is 44.2 Å². The first-order chi connectivity index (χ1) is 61.0. The Morgan fingerprint density at radius 1 is 0.523 bits per heavy atom. The van der Waals surface area contributed by atoms with Gasteiger partial charge in [-0.1, -0.05) is 114 Å². The minimum absolute atomic E-state index is 0.0160. The van der Waals surface area contributed by atoms with Gasteiger partial charge in [-0.25, -0.2) is 0 Å². The number of primary amides is 2. The quantitative estimate of drug-likeness (QED) is 0.0361. The number of nitrogens with zero attached hydrogens (tertiary/aromatic N) is 5. The molecule has 0 aliphatic carbocycles. The fourth-order valence-corrected chi connectivity index (χ4v) is 16.9. The molecule has 2 aromatic heterocycles. The van der Waals surface area contributed by atoms with E-state index in [4.69, 9.17) is 17.2 Å². The highest BCUT2D eigenvalue weighted by Crippen LogP contribution is 2.28. The molecule has 39 heteroatoms. The summed E-state index contributed by atoms with van der Waals surface area (Å²) in [7, 11) is 4.02. The molecular formula is C89H124N20O18S. The second kappa shape index (κ2) is 48.3. The van der Waals surface area contributed by atoms with Crippen LogP contribution in [0.25, 0.3) is 21.8 Å². The number of rotatable bonds is 24. The summed E-state index contributed by atoms with van der Waals surface area (Å²) in [5.74, 6) is -16.1. The van der Waals surface area contributed by atoms with Crippen molar-refractivity contribution in [2.45, 2.75) is 228 Å². The molecule has 0 spiro atoms. The van der Waals surface area contributed by atoms with Crippen molar-refractivity contribution in [3.05, 3.63) is 127 Å². The molecule has 0 bridgehead atoms. The molecule has 17 amide bonds. The number of thioether (sulfide) groups is 1. The zero-order chi connectivity index (χ0) is 93.8. The summed E-state index contributed by atoms with van der Waals surface area (Å²) in [5.41, 5.74) is 20.3. The fourth-order valence-electron chi connectivity index (χ4n) is 16.0. The van der Waals surface area contributed by atoms with Gasteiger partial charge in [0.25, 0.3) is 0 Å². The first kappa shape index (κ1) is 101. The number of carbonyl (C=O) groups excluding carboxylic acids is 17. The molecule has 128 heavy (non-hydrogen) atoms. The van der Waals surface area contributed by atoms with Crippen LogP contribution in [0.2, 0.25) is 0 Å². The monoisotopic (exact) mass is 1790 g/mol. The van der Waals surface area contributed by atoms with Crippen molar-refractivity contribution in [1.29, 1.82) is 0 Å². The first-order valence-electron chi connectivity index (χ1n) is 43.4. The van der Waals surface area contributed by atoms with E-state index in [1.165, 1.54) is 79.2 Å². The Hall–Kier alpha value is -12.7. The lowest BCUT2D eigenvalue weighted by atomic mass is 9.99. The third-order valence-electron chi connectivity index (χ3n) is 23.2. The summed E-state index contributed by atoms with van der Waals surface area (Å²) in [4.78, 5) is 260. The van der Waals surface area contributed by atoms with Gasteiger partial charge in [-0.3, -0.25) is 81.5 Å². The molecule has 3 aliphatic rings. The maximum atomic E-state index is 15.7. The number of benzene rings is 3. The van der Waals surface area contributed by atoms with Gasteiger partial charge in [-0.05, 0) is 112 Å². The molecule has 0 saturated carbocycles. The second-order valence-corrected chi connectivity index (χ2v) is 34.1. The maximum Gasteiger partial charge on any atom is 0.246 e. The van der Waals surface area contributed by atoms with Crippen molar-refractivity contribution in [1.82, 2.24) is 87.6 Å². The predicted octanol–water partition coefficient (Wildman–Crippen LogP) is -0.0101. The van der Waals surface area contributed by atoms with Gasteiger partial charge >= 0.3 is 0 Å². The van der Waals surface area contributed by atoms with Crippen LogP contribution < -0.4 is 70.4 Å². The van der Waals surface area contributed by atoms with Gasteiger partial charge in [-0.2, -0.15) is 0 Å². The van der Waals surface area contributed by atoms with Gasteiger partial charge in [0.15, 0.2) is 0 Å². The average Bonchev–Trinajstić information content (AvgIpc) is 1.48. The summed E-state index contributed by atoms with van der Waals surface area (Å²) in [6.07, 6.45) is 6.75. The number of nitrogens with two attached hydrogens (primary N) is 3. The number of H-pyrrole nitrogens is 2. The second-order valence-electron chi connectivity index (χ2n) is 33.1. The van der Waals surface area contributed by atoms with Crippen LogP contribution in [0.4, 0.5) is 0 Å². The SMILES string of the molecule is C=CC[C@@H]1NC(=O)[C@H](Cc2c[nH]c3ccccc23)NC(=O)[C@@H]2CCCN2C(=O)[C@H](CC(C)C)NC(=O)[C@H](CN)NC(=O)C2CCCN2C(=O)[C@H](CC(N)=O)NC(=O)[C@H](C)N(C)C(=O)[C@H](Cc2ccc(O)cc2)NC(=O)CSC[C@@H](C(=O)NCC(N)=O)NC(=O)[C@H](CC=C)NC(=O)[C@H](CCCC)N(C)C(=O)[C@H](CCCC)N(C)C(=O)[C@H](Cc2c[nH]c3ccccc23)NC1=O. The lowest BCUT2D eigenvalue weighted by molar-refractivity contribution is -0.149. The van der Waals surface area contributed by atoms with Crippen LogP contribution >= 0.6 is 11.8 Å². The molecule has 694 valence electrons. The number of aromatic hydroxyl groups is 1. The summed E-state index contributed by atoms with van der Waals surface area (Å²) in [6.45, 7) is 15.0. The zero-order valence-corrected chi connectivity index (χ0v) is 74.7. The van der Waals surface area contributed by atoms with Gasteiger partial charge in [0.1, 0.15) is 90.3 Å². The number of phenols is 1. The number of para-hydroxylation sites is 2. The molecule has 3 fully saturated rings. The number of hydrogen-bond acceptors (Lipinski definition) is 20. The molecule has 0 radical (unpaired) electrons. The number of nitrogens with one attached hydrogen (secondary N) is 12. The number of carbonyl (C=O) groups is 17. The number of phenolic OH excluding ortho intramolecular Hbond substituents is 1. The molecule has 1 unspecified atom stereocenters. The number of hydrogen-bond donors (Lipinski definition) is 16. The fraction of sp³-hybridized carbons (Fsp3) is 0.517. The van der Waals surface area contributed by atoms with E-state index < -0.39 is 216 Å². The average molecular weight is 1790 g/mol. The van der Waals surface area contributed by atoms with E-state index in [2.05, 4.69) is 76.3 Å². The normalized spacial score (nSPS) is 24.9. The Labute approximate surface area is 747 Å². The van der Waals surface area contributed by atoms with Crippen molar-refractivity contribution in [3.63, 3.8) is 0 Å². The minimum Gasteiger partial charge on any atom is -0.508 e. The summed E-state index contributed by atoms with van der Waals surface area (Å²) >= 11 is 0.788. The number of fused-ring (bicyclic) bond motifs is 4. The molecule has 3 saturated heterocycles. The van der Waals surface area contributed by atoms with E-state index in [0.717, 1.165) is 21.6 Å². The summed E-state index contributed by atoms with van der Waals surface area (Å²) < 4.78 is 0. The topological polar surface area (TPSA) is 557 Å². The Morgan fingerprint density at radius 3 is 1.52 bits per heavy atom. The van der Waals surface area contributed by atoms with Crippen molar-refractivity contribution in [2.75, 3.05) is 58.8 Å². The van der Waals surface area contributed by atoms with E-state index in [-0.39, 0.29) is 95.4 Å². The Kier molecular flexibility index (Phi) is 38.0. The van der Waals surface area contributed by atoms with Crippen molar-refractivity contribution >= 4 is 134 Å². The van der Waals surface area contributed by atoms with Crippen LogP contribution in [0.1, 0.15) is 141 Å². The van der Waals surface area contributed by atoms with Gasteiger partial charge in [0.05, 0.1) is 18.7 Å². The van der Waals surface area contributed by atoms with Gasteiger partial charge < -0.3 is 110 Å². The largest absolute Gasteiger partial charge is 0.508 e. The van der Waals surface area contributed by atoms with E-state index in [0.29, 0.717) is 70.6 Å². The Bertz CT molecular complexity index is 4840. The van der Waals surface area contributed by atoms with Crippen molar-refractivity contribution < 1.29 is 86.6 Å². The van der Waals surface area contributed by atoms with Crippen LogP contribution in [-0.2, 0) is 101 Å². The van der Waals surface area contributed by atoms with Gasteiger partial charge in [0, 0.05) is 100.0 Å². The zero-order valence-electron chi connectivity index (χ0n) is 73.8. The standard InChI is InChI=1S/C89H124N20O18S/c1-11-15-29-69-82(120)98-61(24-14-4)79(117)104-68(77(115)95-47-74(92)112)48-128-49-75(113)96-64(40-52-33-35-55(110)36-34-52)85(123)105(8)51(7)76(114)100-66(43-73(91)111)88(126)109-38-22-32-71(109)84(122)103-67(44-90)81(119)101-63(39-50(5)6)87(125)108-37-21-31-70(108)83(121)99-62(41-53-45-93-58-27-19-17-25-56(53)58)80(118)97-60(23-13-3)78(116)102-65(42-54-46-94-59-28-20-18-26-57(54)59)86(124)107(10)72(30-16-12-2)89(127)106(69)9/h13-14,17-20,25-28,33-36,45-46,50-51,60-72,93-94,110H,3-4,11-12,15-16,21-24,29-32,37-44,47-49,90H2,1-2,5-10H3,(H2,91,111)(H2,92,112)(H,95,115)(H,96,113)(H,97,118)(H,98,120)(H,99,121)(H,100,114)(H,101,119)(H,102,116)(H,103,122)(H,104,117)/t51-,60-,61-,62-,63-,64-,65-,66-,67-,68-,69-,70-,71?,72-/m0/s1. The summed E-state index contributed by atoms with van der Waals surface area (Å²) in [6, 6.07) is -0.183. The number of aromatic amines is 2. The highest BCUT2D eigenvalue weighted by molar-refractivity contribution is 8.00. The van der Waals surface area contributed by atoms with Gasteiger partial charge in [0.2, 0.25) is 100 Å². The molecule has 19 N–H and O–H groups in total. The molecule has 5 aromatic rings. The predicted molar refractivity (Wildman–Crippen MR) is 479 cm³/mol. The Balaban J connectivity index is 1.17. The number of aromatic nitrogens is 2. The maximum absolute atomic E-state index is 15.7. The molecule has 14 atom stereocenters. The van der Waals surface area contributed by atoms with Crippen LogP contribution in [0, 0.1) is 5.92 Å². The van der Waals surface area contributed by atoms with E-state index in [9.17, 15) is 53.1 Å². The highest BCUT2D eigenvalue weighted by Gasteiger charge is 2.45. The number of likely N-dealkylation sites (N-methyl/N-ethyl adjacent to an activating group) is 3. The lowest BCUT2D eigenvalue weighted by Crippen LogP contribution is -2.61. The molecule has 38 nitrogen and oxygen atoms in total. The van der Waals surface area contributed by atoms with Crippen LogP contribution in [0.5, 0.6) is 5.75 Å². The van der Waals surface area contributed by atoms with E-state index in [1.54, 1.807) is 44.4 Å². The van der Waals surface area contributed by atoms with Crippen LogP contribution in [-0.4, -0.2) is 283 Å². The van der Waals surface area contributed by atoms with E-state index >= 15 is 33.6 Å². The molecule has 3 aliphatic heterocycles.